The van der Waals surface area contributed by atoms with E-state index in [0.29, 0.717) is 10.6 Å². The average Bonchev–Trinajstić information content (AvgIpc) is 2.58. The topological polar surface area (TPSA) is 118 Å². The number of anilines is 1. The molecule has 1 amide bonds. The van der Waals surface area contributed by atoms with Crippen molar-refractivity contribution >= 4 is 38.7 Å². The number of nitro benzene ring substituents is 1. The van der Waals surface area contributed by atoms with Crippen molar-refractivity contribution in [3.8, 4) is 0 Å². The minimum atomic E-state index is -3.75. The number of sulfone groups is 1. The highest BCUT2D eigenvalue weighted by Gasteiger charge is 2.25. The van der Waals surface area contributed by atoms with Crippen molar-refractivity contribution in [2.75, 3.05) is 24.7 Å². The van der Waals surface area contributed by atoms with Crippen LogP contribution in [0.1, 0.15) is 10.4 Å². The summed E-state index contributed by atoms with van der Waals surface area (Å²) < 4.78 is 23.4. The van der Waals surface area contributed by atoms with Crippen molar-refractivity contribution in [1.29, 1.82) is 0 Å². The second kappa shape index (κ2) is 8.15. The number of halogens is 1. The van der Waals surface area contributed by atoms with Gasteiger partial charge in [-0.05, 0) is 36.4 Å². The molecule has 0 radical (unpaired) electrons. The number of nitrogens with zero attached hydrogens (tertiary/aromatic N) is 1. The number of hydrogen-bond donors (Lipinski definition) is 2. The Bertz CT molecular complexity index is 929. The van der Waals surface area contributed by atoms with Gasteiger partial charge in [0, 0.05) is 29.9 Å². The molecule has 0 fully saturated rings. The van der Waals surface area contributed by atoms with Gasteiger partial charge < -0.3 is 10.6 Å². The van der Waals surface area contributed by atoms with Gasteiger partial charge >= 0.3 is 5.69 Å². The summed E-state index contributed by atoms with van der Waals surface area (Å²) in [6.07, 6.45) is 0.908. The Hall–Kier alpha value is -2.65. The lowest BCUT2D eigenvalue weighted by Crippen LogP contribution is -2.28. The molecule has 0 heterocycles. The first-order valence-electron chi connectivity index (χ1n) is 7.45. The van der Waals surface area contributed by atoms with Gasteiger partial charge in [-0.25, -0.2) is 8.42 Å². The molecule has 0 aliphatic carbocycles. The zero-order chi connectivity index (χ0) is 19.3. The predicted molar refractivity (Wildman–Crippen MR) is 98.5 cm³/mol. The molecule has 138 valence electrons. The molecule has 0 saturated carbocycles. The van der Waals surface area contributed by atoms with Gasteiger partial charge in [0.15, 0.2) is 9.84 Å². The number of amides is 1. The molecule has 0 aliphatic rings. The molecule has 0 spiro atoms. The van der Waals surface area contributed by atoms with E-state index in [-0.39, 0.29) is 29.6 Å². The third kappa shape index (κ3) is 4.93. The molecule has 0 saturated heterocycles. The standard InChI is InChI=1S/C16H16ClN3O5S/c1-26(24,25)14-4-2-3-13(15(14)20(22)23)18-9-10-19-16(21)11-5-7-12(17)8-6-11/h2-8,18H,9-10H2,1H3,(H,19,21). The van der Waals surface area contributed by atoms with E-state index < -0.39 is 20.4 Å². The molecule has 0 bridgehead atoms. The molecular formula is C16H16ClN3O5S. The van der Waals surface area contributed by atoms with E-state index in [9.17, 15) is 23.3 Å². The van der Waals surface area contributed by atoms with Gasteiger partial charge in [-0.2, -0.15) is 0 Å². The van der Waals surface area contributed by atoms with Crippen LogP contribution in [0.4, 0.5) is 11.4 Å². The Labute approximate surface area is 155 Å². The highest BCUT2D eigenvalue weighted by atomic mass is 35.5. The quantitative estimate of drug-likeness (QED) is 0.421. The molecule has 2 aromatic carbocycles. The normalized spacial score (nSPS) is 11.0. The maximum Gasteiger partial charge on any atom is 0.310 e. The fourth-order valence-corrected chi connectivity index (χ4v) is 3.22. The molecule has 0 unspecified atom stereocenters. The highest BCUT2D eigenvalue weighted by Crippen LogP contribution is 2.31. The molecule has 8 nitrogen and oxygen atoms in total. The zero-order valence-electron chi connectivity index (χ0n) is 13.7. The first-order chi connectivity index (χ1) is 12.2. The van der Waals surface area contributed by atoms with Crippen LogP contribution >= 0.6 is 11.6 Å². The molecule has 0 aromatic heterocycles. The van der Waals surface area contributed by atoms with Crippen LogP contribution in [0.2, 0.25) is 5.02 Å². The van der Waals surface area contributed by atoms with Crippen molar-refractivity contribution in [3.05, 3.63) is 63.2 Å². The van der Waals surface area contributed by atoms with Crippen molar-refractivity contribution < 1.29 is 18.1 Å². The van der Waals surface area contributed by atoms with Gasteiger partial charge in [-0.3, -0.25) is 14.9 Å². The Balaban J connectivity index is 2.03. The number of carbonyl (C=O) groups excluding carboxylic acids is 1. The Kier molecular flexibility index (Phi) is 6.17. The van der Waals surface area contributed by atoms with Gasteiger partial charge in [0.1, 0.15) is 10.6 Å². The SMILES string of the molecule is CS(=O)(=O)c1cccc(NCCNC(=O)c2ccc(Cl)cc2)c1[N+](=O)[O-]. The minimum absolute atomic E-state index is 0.0682. The number of nitro groups is 1. The molecular weight excluding hydrogens is 382 g/mol. The molecule has 2 rings (SSSR count). The maximum absolute atomic E-state index is 12.0. The monoisotopic (exact) mass is 397 g/mol. The van der Waals surface area contributed by atoms with Gasteiger partial charge in [-0.15, -0.1) is 0 Å². The van der Waals surface area contributed by atoms with E-state index in [2.05, 4.69) is 10.6 Å². The molecule has 10 heteroatoms. The molecule has 0 aliphatic heterocycles. The summed E-state index contributed by atoms with van der Waals surface area (Å²) in [5.41, 5.74) is -0.0165. The first-order valence-corrected chi connectivity index (χ1v) is 9.72. The highest BCUT2D eigenvalue weighted by molar-refractivity contribution is 7.90. The largest absolute Gasteiger partial charge is 0.378 e. The van der Waals surface area contributed by atoms with Crippen LogP contribution in [0.15, 0.2) is 47.4 Å². The van der Waals surface area contributed by atoms with E-state index in [0.717, 1.165) is 6.26 Å². The van der Waals surface area contributed by atoms with Gasteiger partial charge in [0.2, 0.25) is 0 Å². The third-order valence-electron chi connectivity index (χ3n) is 3.41. The predicted octanol–water partition coefficient (Wildman–Crippen LogP) is 2.49. The number of nitrogens with one attached hydrogen (secondary N) is 2. The summed E-state index contributed by atoms with van der Waals surface area (Å²) in [7, 11) is -3.75. The number of benzene rings is 2. The Morgan fingerprint density at radius 3 is 2.38 bits per heavy atom. The van der Waals surface area contributed by atoms with Gasteiger partial charge in [-0.1, -0.05) is 17.7 Å². The fourth-order valence-electron chi connectivity index (χ4n) is 2.23. The number of para-hydroxylation sites is 1. The summed E-state index contributed by atoms with van der Waals surface area (Å²) in [4.78, 5) is 22.1. The van der Waals surface area contributed by atoms with E-state index in [1.54, 1.807) is 24.3 Å². The molecule has 26 heavy (non-hydrogen) atoms. The van der Waals surface area contributed by atoms with Crippen molar-refractivity contribution in [3.63, 3.8) is 0 Å². The van der Waals surface area contributed by atoms with E-state index in [1.165, 1.54) is 18.2 Å². The van der Waals surface area contributed by atoms with Crippen LogP contribution in [-0.2, 0) is 9.84 Å². The van der Waals surface area contributed by atoms with Crippen LogP contribution < -0.4 is 10.6 Å². The number of rotatable bonds is 7. The lowest BCUT2D eigenvalue weighted by atomic mass is 10.2. The van der Waals surface area contributed by atoms with Gasteiger partial charge in [0.25, 0.3) is 5.91 Å². The summed E-state index contributed by atoms with van der Waals surface area (Å²) >= 11 is 5.76. The number of carbonyl (C=O) groups is 1. The van der Waals surface area contributed by atoms with Crippen LogP contribution in [0, 0.1) is 10.1 Å². The molecule has 2 aromatic rings. The average molecular weight is 398 g/mol. The Morgan fingerprint density at radius 1 is 1.15 bits per heavy atom. The second-order valence-electron chi connectivity index (χ2n) is 5.37. The smallest absolute Gasteiger partial charge is 0.310 e. The third-order valence-corrected chi connectivity index (χ3v) is 4.79. The fraction of sp³-hybridized carbons (Fsp3) is 0.188. The van der Waals surface area contributed by atoms with Crippen LogP contribution in [0.3, 0.4) is 0 Å². The summed E-state index contributed by atoms with van der Waals surface area (Å²) in [5.74, 6) is -0.317. The van der Waals surface area contributed by atoms with Crippen molar-refractivity contribution in [2.24, 2.45) is 0 Å². The van der Waals surface area contributed by atoms with E-state index in [4.69, 9.17) is 11.6 Å². The molecule has 0 atom stereocenters. The Morgan fingerprint density at radius 2 is 1.81 bits per heavy atom. The van der Waals surface area contributed by atoms with E-state index in [1.807, 2.05) is 0 Å². The summed E-state index contributed by atoms with van der Waals surface area (Å²) in [5, 5.41) is 17.2. The van der Waals surface area contributed by atoms with Crippen LogP contribution in [0.25, 0.3) is 0 Å². The van der Waals surface area contributed by atoms with Crippen molar-refractivity contribution in [2.45, 2.75) is 4.90 Å². The lowest BCUT2D eigenvalue weighted by molar-refractivity contribution is -0.386. The second-order valence-corrected chi connectivity index (χ2v) is 7.79. The maximum atomic E-state index is 12.0. The summed E-state index contributed by atoms with van der Waals surface area (Å²) in [6.45, 7) is 0.356. The lowest BCUT2D eigenvalue weighted by Gasteiger charge is -2.10. The van der Waals surface area contributed by atoms with Crippen LogP contribution in [0.5, 0.6) is 0 Å². The van der Waals surface area contributed by atoms with Gasteiger partial charge in [0.05, 0.1) is 4.92 Å². The van der Waals surface area contributed by atoms with E-state index >= 15 is 0 Å². The number of hydrogen-bond acceptors (Lipinski definition) is 6. The minimum Gasteiger partial charge on any atom is -0.378 e. The summed E-state index contributed by atoms with van der Waals surface area (Å²) in [6, 6.07) is 10.3. The van der Waals surface area contributed by atoms with Crippen molar-refractivity contribution in [1.82, 2.24) is 5.32 Å². The van der Waals surface area contributed by atoms with Crippen LogP contribution in [-0.4, -0.2) is 38.6 Å². The molecule has 2 N–H and O–H groups in total. The first kappa shape index (κ1) is 19.7. The zero-order valence-corrected chi connectivity index (χ0v) is 15.3.